The van der Waals surface area contributed by atoms with Crippen LogP contribution in [-0.2, 0) is 41.6 Å². The Morgan fingerprint density at radius 2 is 1.02 bits per heavy atom. The van der Waals surface area contributed by atoms with Gasteiger partial charge < -0.3 is 36.3 Å². The number of carbonyl (C=O) groups excluding carboxylic acids is 5. The highest BCUT2D eigenvalue weighted by Gasteiger charge is 2.25. The minimum atomic E-state index is -1.16. The number of hydrogen-bond donors (Lipinski definition) is 7. The van der Waals surface area contributed by atoms with E-state index in [9.17, 15) is 33.9 Å². The van der Waals surface area contributed by atoms with Crippen molar-refractivity contribution in [2.45, 2.75) is 192 Å². The van der Waals surface area contributed by atoms with Crippen LogP contribution in [0.15, 0.2) is 25.0 Å². The fraction of sp³-hybridized carbons (Fsp3) is 0.721. The van der Waals surface area contributed by atoms with Gasteiger partial charge in [-0.15, -0.1) is 0 Å². The molecule has 0 fully saturated rings. The van der Waals surface area contributed by atoms with Crippen LogP contribution in [0.3, 0.4) is 0 Å². The predicted molar refractivity (Wildman–Crippen MR) is 224 cm³/mol. The summed E-state index contributed by atoms with van der Waals surface area (Å²) in [4.78, 5) is 88.2. The van der Waals surface area contributed by atoms with Crippen molar-refractivity contribution in [2.24, 2.45) is 0 Å². The van der Waals surface area contributed by atoms with Gasteiger partial charge in [0.1, 0.15) is 12.1 Å². The molecule has 2 aromatic rings. The molecule has 3 atom stereocenters. The third-order valence-electron chi connectivity index (χ3n) is 10.3. The average molecular weight is 813 g/mol. The molecule has 0 aliphatic heterocycles. The van der Waals surface area contributed by atoms with Crippen LogP contribution in [0.4, 0.5) is 0 Å². The highest BCUT2D eigenvalue weighted by molar-refractivity contribution is 5.92. The van der Waals surface area contributed by atoms with E-state index in [1.807, 2.05) is 0 Å². The number of nitrogens with zero attached hydrogens (tertiary/aromatic N) is 2. The van der Waals surface area contributed by atoms with Crippen LogP contribution in [0.25, 0.3) is 0 Å². The van der Waals surface area contributed by atoms with Crippen LogP contribution in [0.2, 0.25) is 0 Å². The number of unbranched alkanes of at least 4 members (excludes halogenated alkanes) is 18. The number of amides is 4. The van der Waals surface area contributed by atoms with Gasteiger partial charge in [0, 0.05) is 55.9 Å². The van der Waals surface area contributed by atoms with Gasteiger partial charge in [-0.25, -0.2) is 14.8 Å². The number of carboxylic acids is 1. The molecule has 0 unspecified atom stereocenters. The summed E-state index contributed by atoms with van der Waals surface area (Å²) in [6.07, 6.45) is 29.2. The third-order valence-corrected chi connectivity index (χ3v) is 10.3. The van der Waals surface area contributed by atoms with Crippen molar-refractivity contribution >= 4 is 35.4 Å². The number of carboxylic acid groups (broad SMARTS) is 1. The average Bonchev–Trinajstić information content (AvgIpc) is 3.92. The van der Waals surface area contributed by atoms with E-state index in [-0.39, 0.29) is 36.5 Å². The Morgan fingerprint density at radius 3 is 1.48 bits per heavy atom. The van der Waals surface area contributed by atoms with Gasteiger partial charge in [0.25, 0.3) is 0 Å². The molecule has 15 nitrogen and oxygen atoms in total. The SMILES string of the molecule is CCCCCCCCCCCC(=O)N[C@@H](C)C(=O)N[C@@H](Cc1cnc[nH]1)C(=O)CCCCCCCCCCCCCC(=O)NCC(=O)N[C@@H](Cc1cnc[nH]1)C(=O)O. The number of aromatic amines is 2. The quantitative estimate of drug-likeness (QED) is 0.0391. The molecular weight excluding hydrogens is 741 g/mol. The molecule has 2 rings (SSSR count). The number of aromatic nitrogens is 4. The van der Waals surface area contributed by atoms with E-state index in [2.05, 4.69) is 48.1 Å². The van der Waals surface area contributed by atoms with Crippen LogP contribution in [0.5, 0.6) is 0 Å². The first kappa shape index (κ1) is 49.6. The first-order valence-electron chi connectivity index (χ1n) is 21.9. The van der Waals surface area contributed by atoms with E-state index in [0.29, 0.717) is 31.4 Å². The summed E-state index contributed by atoms with van der Waals surface area (Å²) in [6, 6.07) is -2.54. The number of hydrogen-bond acceptors (Lipinski definition) is 8. The maximum atomic E-state index is 13.2. The third kappa shape index (κ3) is 24.3. The minimum absolute atomic E-state index is 0.0229. The number of Topliss-reactive ketones (excluding diaryl/α,β-unsaturated/α-hetero) is 1. The summed E-state index contributed by atoms with van der Waals surface area (Å²) < 4.78 is 0. The van der Waals surface area contributed by atoms with E-state index < -0.39 is 30.0 Å². The van der Waals surface area contributed by atoms with E-state index >= 15 is 0 Å². The lowest BCUT2D eigenvalue weighted by molar-refractivity contribution is -0.141. The predicted octanol–water partition coefficient (Wildman–Crippen LogP) is 6.15. The van der Waals surface area contributed by atoms with Gasteiger partial charge >= 0.3 is 5.97 Å². The second kappa shape index (κ2) is 31.4. The molecule has 0 spiro atoms. The van der Waals surface area contributed by atoms with Crippen LogP contribution >= 0.6 is 0 Å². The van der Waals surface area contributed by atoms with Gasteiger partial charge in [0.2, 0.25) is 23.6 Å². The zero-order valence-electron chi connectivity index (χ0n) is 35.2. The van der Waals surface area contributed by atoms with E-state index in [1.165, 1.54) is 51.0 Å². The molecule has 7 N–H and O–H groups in total. The fourth-order valence-electron chi connectivity index (χ4n) is 6.81. The topological polar surface area (TPSA) is 228 Å². The molecule has 326 valence electrons. The van der Waals surface area contributed by atoms with Gasteiger partial charge in [-0.05, 0) is 26.2 Å². The number of aliphatic carboxylic acids is 1. The van der Waals surface area contributed by atoms with Crippen molar-refractivity contribution in [3.05, 3.63) is 36.4 Å². The molecule has 0 aromatic carbocycles. The molecule has 0 aliphatic rings. The highest BCUT2D eigenvalue weighted by Crippen LogP contribution is 2.14. The molecule has 0 saturated heterocycles. The summed E-state index contributed by atoms with van der Waals surface area (Å²) in [7, 11) is 0. The number of ketones is 1. The van der Waals surface area contributed by atoms with E-state index in [4.69, 9.17) is 0 Å². The van der Waals surface area contributed by atoms with Gasteiger partial charge in [-0.2, -0.15) is 0 Å². The maximum absolute atomic E-state index is 13.2. The minimum Gasteiger partial charge on any atom is -0.480 e. The zero-order valence-corrected chi connectivity index (χ0v) is 35.2. The highest BCUT2D eigenvalue weighted by atomic mass is 16.4. The Hall–Kier alpha value is -4.56. The monoisotopic (exact) mass is 813 g/mol. The second-order valence-electron chi connectivity index (χ2n) is 15.6. The van der Waals surface area contributed by atoms with Gasteiger partial charge in [0.15, 0.2) is 5.78 Å². The smallest absolute Gasteiger partial charge is 0.326 e. The van der Waals surface area contributed by atoms with Crippen LogP contribution in [0, 0.1) is 0 Å². The van der Waals surface area contributed by atoms with Gasteiger partial charge in [-0.3, -0.25) is 24.0 Å². The Balaban J connectivity index is 1.51. The summed E-state index contributed by atoms with van der Waals surface area (Å²) in [5, 5.41) is 20.0. The summed E-state index contributed by atoms with van der Waals surface area (Å²) in [6.45, 7) is 3.60. The van der Waals surface area contributed by atoms with Crippen molar-refractivity contribution in [3.63, 3.8) is 0 Å². The molecule has 15 heteroatoms. The number of nitrogens with one attached hydrogen (secondary N) is 6. The van der Waals surface area contributed by atoms with Crippen molar-refractivity contribution in [1.82, 2.24) is 41.2 Å². The molecule has 58 heavy (non-hydrogen) atoms. The lowest BCUT2D eigenvalue weighted by atomic mass is 10.00. The fourth-order valence-corrected chi connectivity index (χ4v) is 6.81. The van der Waals surface area contributed by atoms with Crippen LogP contribution < -0.4 is 21.3 Å². The van der Waals surface area contributed by atoms with Crippen molar-refractivity contribution in [2.75, 3.05) is 6.54 Å². The standard InChI is InChI=1S/C43H72N8O7/c1-3-4-5-6-7-11-16-19-22-25-40(54)49-33(2)42(56)51-36(26-34-28-44-31-47-34)38(52)23-20-17-14-12-9-8-10-13-15-18-21-24-39(53)46-30-41(55)50-37(43(57)58)27-35-29-45-32-48-35/h28-29,31-33,36-37H,3-27,30H2,1-2H3,(H,44,47)(H,45,48)(H,46,53)(H,49,54)(H,50,55)(H,51,56)(H,57,58)/t33-,36-,37-/m0/s1. The number of carbonyl (C=O) groups is 6. The Kier molecular flexibility index (Phi) is 26.9. The van der Waals surface area contributed by atoms with E-state index in [1.54, 1.807) is 19.4 Å². The maximum Gasteiger partial charge on any atom is 0.326 e. The summed E-state index contributed by atoms with van der Waals surface area (Å²) in [5.74, 6) is -2.48. The molecule has 0 saturated carbocycles. The first-order valence-corrected chi connectivity index (χ1v) is 21.9. The van der Waals surface area contributed by atoms with E-state index in [0.717, 1.165) is 95.6 Å². The lowest BCUT2D eigenvalue weighted by Crippen LogP contribution is -2.51. The molecule has 4 amide bonds. The Morgan fingerprint density at radius 1 is 0.569 bits per heavy atom. The Bertz CT molecular complexity index is 1430. The van der Waals surface area contributed by atoms with Crippen molar-refractivity contribution in [3.8, 4) is 0 Å². The molecule has 0 aliphatic carbocycles. The largest absolute Gasteiger partial charge is 0.480 e. The van der Waals surface area contributed by atoms with Crippen molar-refractivity contribution < 1.29 is 33.9 Å². The number of imidazole rings is 2. The summed E-state index contributed by atoms with van der Waals surface area (Å²) >= 11 is 0. The van der Waals surface area contributed by atoms with Crippen molar-refractivity contribution in [1.29, 1.82) is 0 Å². The van der Waals surface area contributed by atoms with Gasteiger partial charge in [0.05, 0.1) is 25.2 Å². The molecule has 0 radical (unpaired) electrons. The lowest BCUT2D eigenvalue weighted by Gasteiger charge is -2.20. The van der Waals surface area contributed by atoms with Crippen LogP contribution in [0.1, 0.15) is 173 Å². The number of H-pyrrole nitrogens is 2. The zero-order chi connectivity index (χ0) is 42.2. The Labute approximate surface area is 345 Å². The molecule has 0 bridgehead atoms. The molecule has 2 aromatic heterocycles. The second-order valence-corrected chi connectivity index (χ2v) is 15.6. The summed E-state index contributed by atoms with van der Waals surface area (Å²) in [5.41, 5.74) is 1.35. The molecular formula is C43H72N8O7. The molecule has 2 heterocycles. The first-order chi connectivity index (χ1) is 28.1. The normalized spacial score (nSPS) is 12.7. The number of rotatable bonds is 36. The van der Waals surface area contributed by atoms with Gasteiger partial charge in [-0.1, -0.05) is 116 Å². The van der Waals surface area contributed by atoms with Crippen LogP contribution in [-0.4, -0.2) is 85.1 Å².